The maximum atomic E-state index is 11.2. The van der Waals surface area contributed by atoms with E-state index in [1.54, 1.807) is 0 Å². The van der Waals surface area contributed by atoms with Crippen molar-refractivity contribution in [3.63, 3.8) is 0 Å². The summed E-state index contributed by atoms with van der Waals surface area (Å²) >= 11 is 0. The van der Waals surface area contributed by atoms with E-state index in [1.165, 1.54) is 0 Å². The Labute approximate surface area is 89.3 Å². The minimum absolute atomic E-state index is 0.342. The van der Waals surface area contributed by atoms with Gasteiger partial charge in [-0.3, -0.25) is 4.79 Å². The topological polar surface area (TPSA) is 40.5 Å². The van der Waals surface area contributed by atoms with E-state index in [0.29, 0.717) is 6.42 Å². The molecule has 0 saturated heterocycles. The molecule has 15 heavy (non-hydrogen) atoms. The molecule has 0 amide bonds. The highest BCUT2D eigenvalue weighted by molar-refractivity contribution is 5.76. The number of nitrogens with zero attached hydrogens (tertiary/aromatic N) is 1. The largest absolute Gasteiger partial charge is 0.481 e. The van der Waals surface area contributed by atoms with E-state index in [0.717, 1.165) is 24.2 Å². The molecular formula is C12H15NO2. The molecule has 80 valence electrons. The fourth-order valence-corrected chi connectivity index (χ4v) is 2.15. The van der Waals surface area contributed by atoms with Crippen molar-refractivity contribution in [1.29, 1.82) is 0 Å². The maximum Gasteiger partial charge on any atom is 0.311 e. The minimum Gasteiger partial charge on any atom is -0.481 e. The van der Waals surface area contributed by atoms with Crippen LogP contribution >= 0.6 is 0 Å². The van der Waals surface area contributed by atoms with Gasteiger partial charge in [-0.05, 0) is 31.1 Å². The SMILES string of the molecule is CN1CCC(C(=O)O)c2ccccc2C1. The highest BCUT2D eigenvalue weighted by atomic mass is 16.4. The van der Waals surface area contributed by atoms with Gasteiger partial charge in [-0.2, -0.15) is 0 Å². The van der Waals surface area contributed by atoms with E-state index in [9.17, 15) is 9.90 Å². The van der Waals surface area contributed by atoms with Crippen LogP contribution in [-0.2, 0) is 11.3 Å². The summed E-state index contributed by atoms with van der Waals surface area (Å²) in [6.45, 7) is 1.69. The Morgan fingerprint density at radius 3 is 2.93 bits per heavy atom. The summed E-state index contributed by atoms with van der Waals surface area (Å²) < 4.78 is 0. The lowest BCUT2D eigenvalue weighted by molar-refractivity contribution is -0.139. The van der Waals surface area contributed by atoms with Crippen molar-refractivity contribution >= 4 is 5.97 Å². The van der Waals surface area contributed by atoms with Crippen molar-refractivity contribution in [2.24, 2.45) is 0 Å². The molecule has 1 aliphatic heterocycles. The number of rotatable bonds is 1. The third-order valence-corrected chi connectivity index (χ3v) is 2.97. The van der Waals surface area contributed by atoms with Gasteiger partial charge in [-0.1, -0.05) is 24.3 Å². The van der Waals surface area contributed by atoms with Crippen molar-refractivity contribution in [1.82, 2.24) is 4.90 Å². The van der Waals surface area contributed by atoms with E-state index in [2.05, 4.69) is 4.90 Å². The molecule has 0 aromatic heterocycles. The average molecular weight is 205 g/mol. The summed E-state index contributed by atoms with van der Waals surface area (Å²) in [5.41, 5.74) is 2.12. The number of carboxylic acids is 1. The van der Waals surface area contributed by atoms with Crippen LogP contribution in [0.3, 0.4) is 0 Å². The fourth-order valence-electron chi connectivity index (χ4n) is 2.15. The van der Waals surface area contributed by atoms with Gasteiger partial charge in [0, 0.05) is 6.54 Å². The average Bonchev–Trinajstić information content (AvgIpc) is 2.35. The zero-order valence-corrected chi connectivity index (χ0v) is 8.81. The first kappa shape index (κ1) is 10.2. The number of hydrogen-bond donors (Lipinski definition) is 1. The van der Waals surface area contributed by atoms with Crippen molar-refractivity contribution < 1.29 is 9.90 Å². The summed E-state index contributed by atoms with van der Waals surface area (Å²) in [4.78, 5) is 13.3. The molecule has 2 rings (SSSR count). The maximum absolute atomic E-state index is 11.2. The first-order chi connectivity index (χ1) is 7.18. The lowest BCUT2D eigenvalue weighted by Crippen LogP contribution is -2.18. The number of fused-ring (bicyclic) bond motifs is 1. The predicted octanol–water partition coefficient (Wildman–Crippen LogP) is 1.69. The minimum atomic E-state index is -0.710. The molecule has 1 aromatic carbocycles. The summed E-state index contributed by atoms with van der Waals surface area (Å²) in [5.74, 6) is -1.05. The molecule has 0 radical (unpaired) electrons. The lowest BCUT2D eigenvalue weighted by atomic mass is 9.93. The Bertz CT molecular complexity index is 376. The fraction of sp³-hybridized carbons (Fsp3) is 0.417. The van der Waals surface area contributed by atoms with Crippen molar-refractivity contribution in [3.8, 4) is 0 Å². The summed E-state index contributed by atoms with van der Waals surface area (Å²) in [6, 6.07) is 7.84. The molecule has 0 saturated carbocycles. The van der Waals surface area contributed by atoms with Crippen LogP contribution in [0, 0.1) is 0 Å². The van der Waals surface area contributed by atoms with Gasteiger partial charge in [-0.15, -0.1) is 0 Å². The van der Waals surface area contributed by atoms with Crippen LogP contribution in [0.4, 0.5) is 0 Å². The molecule has 3 nitrogen and oxygen atoms in total. The smallest absolute Gasteiger partial charge is 0.311 e. The van der Waals surface area contributed by atoms with Crippen LogP contribution in [0.1, 0.15) is 23.5 Å². The van der Waals surface area contributed by atoms with Gasteiger partial charge in [-0.25, -0.2) is 0 Å². The second kappa shape index (κ2) is 4.03. The highest BCUT2D eigenvalue weighted by Gasteiger charge is 2.25. The number of benzene rings is 1. The van der Waals surface area contributed by atoms with Gasteiger partial charge < -0.3 is 10.0 Å². The number of hydrogen-bond acceptors (Lipinski definition) is 2. The van der Waals surface area contributed by atoms with E-state index >= 15 is 0 Å². The van der Waals surface area contributed by atoms with Crippen LogP contribution in [0.2, 0.25) is 0 Å². The summed E-state index contributed by atoms with van der Waals surface area (Å²) in [5, 5.41) is 9.18. The van der Waals surface area contributed by atoms with Gasteiger partial charge in [0.2, 0.25) is 0 Å². The molecule has 1 N–H and O–H groups in total. The molecule has 1 aliphatic rings. The van der Waals surface area contributed by atoms with Gasteiger partial charge in [0.05, 0.1) is 5.92 Å². The van der Waals surface area contributed by atoms with Gasteiger partial charge in [0.25, 0.3) is 0 Å². The number of aliphatic carboxylic acids is 1. The van der Waals surface area contributed by atoms with Crippen molar-refractivity contribution in [2.45, 2.75) is 18.9 Å². The Kier molecular flexibility index (Phi) is 2.73. The molecule has 1 aromatic rings. The lowest BCUT2D eigenvalue weighted by Gasteiger charge is -2.12. The Balaban J connectivity index is 2.42. The monoisotopic (exact) mass is 205 g/mol. The molecule has 1 heterocycles. The third-order valence-electron chi connectivity index (χ3n) is 2.97. The Morgan fingerprint density at radius 2 is 2.20 bits per heavy atom. The van der Waals surface area contributed by atoms with Crippen LogP contribution in [0.15, 0.2) is 24.3 Å². The van der Waals surface area contributed by atoms with Gasteiger partial charge in [0.1, 0.15) is 0 Å². The quantitative estimate of drug-likeness (QED) is 0.758. The third kappa shape index (κ3) is 2.02. The standard InChI is InChI=1S/C12H15NO2/c1-13-7-6-11(12(14)15)10-5-3-2-4-9(10)8-13/h2-5,11H,6-8H2,1H3,(H,14,15). The zero-order chi connectivity index (χ0) is 10.8. The van der Waals surface area contributed by atoms with E-state index < -0.39 is 5.97 Å². The zero-order valence-electron chi connectivity index (χ0n) is 8.81. The van der Waals surface area contributed by atoms with Gasteiger partial charge in [0.15, 0.2) is 0 Å². The van der Waals surface area contributed by atoms with Crippen LogP contribution in [-0.4, -0.2) is 29.6 Å². The Morgan fingerprint density at radius 1 is 1.47 bits per heavy atom. The molecule has 0 fully saturated rings. The van der Waals surface area contributed by atoms with Crippen molar-refractivity contribution in [3.05, 3.63) is 35.4 Å². The van der Waals surface area contributed by atoms with E-state index in [1.807, 2.05) is 31.3 Å². The van der Waals surface area contributed by atoms with Gasteiger partial charge >= 0.3 is 5.97 Å². The molecule has 0 bridgehead atoms. The van der Waals surface area contributed by atoms with Crippen LogP contribution in [0.5, 0.6) is 0 Å². The molecular weight excluding hydrogens is 190 g/mol. The second-order valence-electron chi connectivity index (χ2n) is 4.12. The van der Waals surface area contributed by atoms with Crippen LogP contribution in [0.25, 0.3) is 0 Å². The Hall–Kier alpha value is -1.35. The molecule has 1 unspecified atom stereocenters. The van der Waals surface area contributed by atoms with Crippen molar-refractivity contribution in [2.75, 3.05) is 13.6 Å². The first-order valence-corrected chi connectivity index (χ1v) is 5.17. The van der Waals surface area contributed by atoms with Crippen LogP contribution < -0.4 is 0 Å². The highest BCUT2D eigenvalue weighted by Crippen LogP contribution is 2.27. The second-order valence-corrected chi connectivity index (χ2v) is 4.12. The molecule has 1 atom stereocenters. The molecule has 3 heteroatoms. The number of carbonyl (C=O) groups is 1. The molecule has 0 aliphatic carbocycles. The van der Waals surface area contributed by atoms with E-state index in [4.69, 9.17) is 0 Å². The predicted molar refractivity (Wildman–Crippen MR) is 57.8 cm³/mol. The molecule has 0 spiro atoms. The summed E-state index contributed by atoms with van der Waals surface area (Å²) in [6.07, 6.45) is 0.697. The van der Waals surface area contributed by atoms with E-state index in [-0.39, 0.29) is 5.92 Å². The number of carboxylic acid groups (broad SMARTS) is 1. The first-order valence-electron chi connectivity index (χ1n) is 5.17. The normalized spacial score (nSPS) is 21.8. The summed E-state index contributed by atoms with van der Waals surface area (Å²) in [7, 11) is 2.03.